The number of fused-ring (bicyclic) bond motifs is 6. The number of nitrogens with zero attached hydrogens (tertiary/aromatic N) is 4. The summed E-state index contributed by atoms with van der Waals surface area (Å²) in [6, 6.07) is 18.4. The lowest BCUT2D eigenvalue weighted by Gasteiger charge is -2.44. The fourth-order valence-electron chi connectivity index (χ4n) is 5.97. The van der Waals surface area contributed by atoms with Gasteiger partial charge in [-0.2, -0.15) is 4.99 Å². The fraction of sp³-hybridized carbons (Fsp3) is 0.300. The molecular formula is C30H34N6O3. The highest BCUT2D eigenvalue weighted by Gasteiger charge is 2.58. The molecule has 0 fully saturated rings. The second kappa shape index (κ2) is 9.98. The normalized spacial score (nSPS) is 14.9. The van der Waals surface area contributed by atoms with E-state index >= 15 is 0 Å². The molecule has 0 radical (unpaired) electrons. The van der Waals surface area contributed by atoms with Crippen molar-refractivity contribution in [1.29, 1.82) is 0 Å². The summed E-state index contributed by atoms with van der Waals surface area (Å²) in [5.41, 5.74) is 15.2. The van der Waals surface area contributed by atoms with E-state index in [9.17, 15) is 9.59 Å². The molecule has 5 rings (SSSR count). The van der Waals surface area contributed by atoms with E-state index in [1.165, 1.54) is 4.90 Å². The summed E-state index contributed by atoms with van der Waals surface area (Å²) in [5.74, 6) is 0.561. The zero-order valence-corrected chi connectivity index (χ0v) is 22.8. The van der Waals surface area contributed by atoms with Crippen LogP contribution in [0.3, 0.4) is 0 Å². The third-order valence-electron chi connectivity index (χ3n) is 7.73. The number of primary amides is 1. The van der Waals surface area contributed by atoms with Crippen LogP contribution in [0.25, 0.3) is 0 Å². The number of benzene rings is 3. The summed E-state index contributed by atoms with van der Waals surface area (Å²) in [7, 11) is 0. The van der Waals surface area contributed by atoms with Gasteiger partial charge in [-0.1, -0.05) is 30.3 Å². The second-order valence-electron chi connectivity index (χ2n) is 9.51. The molecule has 202 valence electrons. The third-order valence-corrected chi connectivity index (χ3v) is 7.73. The molecule has 0 bridgehead atoms. The quantitative estimate of drug-likeness (QED) is 0.357. The molecule has 3 aromatic rings. The highest BCUT2D eigenvalue weighted by atomic mass is 16.5. The van der Waals surface area contributed by atoms with Gasteiger partial charge in [-0.05, 0) is 45.9 Å². The first kappa shape index (κ1) is 26.1. The number of anilines is 2. The topological polar surface area (TPSA) is 117 Å². The van der Waals surface area contributed by atoms with Crippen molar-refractivity contribution < 1.29 is 14.3 Å². The van der Waals surface area contributed by atoms with E-state index in [-0.39, 0.29) is 11.9 Å². The van der Waals surface area contributed by atoms with Gasteiger partial charge in [0.25, 0.3) is 5.91 Å². The van der Waals surface area contributed by atoms with E-state index in [0.717, 1.165) is 54.2 Å². The molecular weight excluding hydrogens is 492 g/mol. The van der Waals surface area contributed by atoms with Crippen molar-refractivity contribution >= 4 is 29.3 Å². The lowest BCUT2D eigenvalue weighted by atomic mass is 9.74. The first-order valence-corrected chi connectivity index (χ1v) is 13.4. The molecule has 39 heavy (non-hydrogen) atoms. The Kier molecular flexibility index (Phi) is 6.68. The van der Waals surface area contributed by atoms with Crippen LogP contribution < -0.4 is 26.0 Å². The van der Waals surface area contributed by atoms with Crippen molar-refractivity contribution in [2.45, 2.75) is 33.2 Å². The number of hydrogen-bond donors (Lipinski definition) is 2. The van der Waals surface area contributed by atoms with Gasteiger partial charge in [0, 0.05) is 71.9 Å². The van der Waals surface area contributed by atoms with Crippen molar-refractivity contribution in [2.75, 3.05) is 36.0 Å². The monoisotopic (exact) mass is 526 g/mol. The third kappa shape index (κ3) is 3.88. The molecule has 0 aliphatic carbocycles. The molecule has 9 nitrogen and oxygen atoms in total. The van der Waals surface area contributed by atoms with E-state index in [1.54, 1.807) is 6.07 Å². The maximum Gasteiger partial charge on any atom is 0.341 e. The predicted molar refractivity (Wildman–Crippen MR) is 154 cm³/mol. The van der Waals surface area contributed by atoms with Gasteiger partial charge in [0.1, 0.15) is 17.0 Å². The molecule has 2 aliphatic heterocycles. The number of nitrogens with two attached hydrogens (primary N) is 2. The van der Waals surface area contributed by atoms with E-state index in [2.05, 4.69) is 42.5 Å². The van der Waals surface area contributed by atoms with Crippen LogP contribution in [-0.2, 0) is 5.54 Å². The summed E-state index contributed by atoms with van der Waals surface area (Å²) in [4.78, 5) is 35.5. The molecule has 0 saturated heterocycles. The summed E-state index contributed by atoms with van der Waals surface area (Å²) in [5, 5.41) is 0. The highest BCUT2D eigenvalue weighted by molar-refractivity contribution is 6.13. The Morgan fingerprint density at radius 3 is 1.82 bits per heavy atom. The minimum atomic E-state index is -1.22. The minimum absolute atomic E-state index is 0.275. The molecule has 3 aromatic carbocycles. The fourth-order valence-corrected chi connectivity index (χ4v) is 5.97. The Hall–Kier alpha value is -4.53. The molecule has 4 N–H and O–H groups in total. The Labute approximate surface area is 228 Å². The van der Waals surface area contributed by atoms with Crippen molar-refractivity contribution in [3.05, 3.63) is 82.9 Å². The number of ether oxygens (including phenoxy) is 1. The largest absolute Gasteiger partial charge is 0.456 e. The first-order chi connectivity index (χ1) is 18.8. The SMILES string of the molecule is CCN(CC)c1ccc2c(c1)Oc1cc(N(CC)CC)ccc1C21c2ccccc2C(=O)N1/C(N)=N/C(N)=O. The molecule has 0 aromatic heterocycles. The van der Waals surface area contributed by atoms with Gasteiger partial charge < -0.3 is 26.0 Å². The number of rotatable bonds is 6. The van der Waals surface area contributed by atoms with Gasteiger partial charge >= 0.3 is 6.03 Å². The van der Waals surface area contributed by atoms with Crippen LogP contribution in [0.2, 0.25) is 0 Å². The molecule has 1 spiro atoms. The first-order valence-electron chi connectivity index (χ1n) is 13.4. The number of hydrogen-bond acceptors (Lipinski definition) is 5. The minimum Gasteiger partial charge on any atom is -0.456 e. The Balaban J connectivity index is 1.88. The van der Waals surface area contributed by atoms with Crippen LogP contribution in [0.4, 0.5) is 16.2 Å². The van der Waals surface area contributed by atoms with E-state index in [0.29, 0.717) is 17.1 Å². The molecule has 9 heteroatoms. The van der Waals surface area contributed by atoms with Crippen LogP contribution in [-0.4, -0.2) is 49.0 Å². The lowest BCUT2D eigenvalue weighted by Crippen LogP contribution is -2.53. The van der Waals surface area contributed by atoms with E-state index in [1.807, 2.05) is 54.6 Å². The van der Waals surface area contributed by atoms with Crippen LogP contribution >= 0.6 is 0 Å². The Bertz CT molecular complexity index is 1410. The van der Waals surface area contributed by atoms with Gasteiger partial charge in [-0.15, -0.1) is 0 Å². The molecule has 0 saturated carbocycles. The van der Waals surface area contributed by atoms with Gasteiger partial charge in [0.2, 0.25) is 5.96 Å². The van der Waals surface area contributed by atoms with Crippen LogP contribution in [0.5, 0.6) is 11.5 Å². The maximum absolute atomic E-state index is 14.0. The maximum atomic E-state index is 14.0. The lowest BCUT2D eigenvalue weighted by molar-refractivity contribution is 0.0803. The molecule has 0 unspecified atom stereocenters. The van der Waals surface area contributed by atoms with Crippen molar-refractivity contribution in [2.24, 2.45) is 16.5 Å². The van der Waals surface area contributed by atoms with Crippen molar-refractivity contribution in [3.63, 3.8) is 0 Å². The number of guanidine groups is 1. The van der Waals surface area contributed by atoms with Crippen LogP contribution in [0.1, 0.15) is 54.7 Å². The molecule has 0 atom stereocenters. The summed E-state index contributed by atoms with van der Waals surface area (Å²) in [6.07, 6.45) is 0. The summed E-state index contributed by atoms with van der Waals surface area (Å²) >= 11 is 0. The molecule has 3 amide bonds. The predicted octanol–water partition coefficient (Wildman–Crippen LogP) is 4.63. The number of aliphatic imine (C=N–C) groups is 1. The van der Waals surface area contributed by atoms with Gasteiger partial charge in [-0.3, -0.25) is 9.69 Å². The van der Waals surface area contributed by atoms with Crippen molar-refractivity contribution in [1.82, 2.24) is 4.90 Å². The molecule has 2 aliphatic rings. The van der Waals surface area contributed by atoms with E-state index in [4.69, 9.17) is 16.2 Å². The average Bonchev–Trinajstić information content (AvgIpc) is 3.18. The van der Waals surface area contributed by atoms with Crippen LogP contribution in [0, 0.1) is 0 Å². The Morgan fingerprint density at radius 2 is 1.33 bits per heavy atom. The van der Waals surface area contributed by atoms with E-state index < -0.39 is 11.6 Å². The average molecular weight is 527 g/mol. The van der Waals surface area contributed by atoms with Gasteiger partial charge in [-0.25, -0.2) is 4.79 Å². The standard InChI is InChI=1S/C30H34N6O3/c1-5-34(6-2)19-13-15-23-25(17-19)39-26-18-20(35(7-3)8-4)14-16-24(26)30(23)22-12-10-9-11-21(22)27(37)36(30)28(31)33-29(32)38/h9-18H,5-8H2,1-4H3,(H4,31,32,33,38). The van der Waals surface area contributed by atoms with Crippen LogP contribution in [0.15, 0.2) is 65.7 Å². The van der Waals surface area contributed by atoms with Gasteiger partial charge in [0.15, 0.2) is 0 Å². The highest BCUT2D eigenvalue weighted by Crippen LogP contribution is 2.58. The number of carbonyl (C=O) groups is 2. The molecule has 2 heterocycles. The number of urea groups is 1. The summed E-state index contributed by atoms with van der Waals surface area (Å²) < 4.78 is 6.62. The zero-order chi connectivity index (χ0) is 27.9. The second-order valence-corrected chi connectivity index (χ2v) is 9.51. The van der Waals surface area contributed by atoms with Gasteiger partial charge in [0.05, 0.1) is 0 Å². The smallest absolute Gasteiger partial charge is 0.341 e. The number of amides is 3. The Morgan fingerprint density at radius 1 is 0.821 bits per heavy atom. The zero-order valence-electron chi connectivity index (χ0n) is 22.8. The number of carbonyl (C=O) groups excluding carboxylic acids is 2. The summed E-state index contributed by atoms with van der Waals surface area (Å²) in [6.45, 7) is 11.7. The van der Waals surface area contributed by atoms with Crippen molar-refractivity contribution in [3.8, 4) is 11.5 Å².